The molecule has 3 aromatic carbocycles. The van der Waals surface area contributed by atoms with Crippen LogP contribution < -0.4 is 20.0 Å². The third-order valence-corrected chi connectivity index (χ3v) is 8.88. The van der Waals surface area contributed by atoms with Gasteiger partial charge in [-0.1, -0.05) is 48.0 Å². The molecule has 1 unspecified atom stereocenters. The fraction of sp³-hybridized carbons (Fsp3) is 0.394. The summed E-state index contributed by atoms with van der Waals surface area (Å²) in [5, 5.41) is 3.88. The number of nitrogens with zero attached hydrogens (tertiary/aromatic N) is 4. The molecule has 0 bridgehead atoms. The van der Waals surface area contributed by atoms with Crippen molar-refractivity contribution in [3.05, 3.63) is 88.4 Å². The number of nitrogens with one attached hydrogen (secondary N) is 1. The van der Waals surface area contributed by atoms with Gasteiger partial charge < -0.3 is 20.0 Å². The summed E-state index contributed by atoms with van der Waals surface area (Å²) >= 11 is 6.23. The first-order valence-electron chi connectivity index (χ1n) is 14.8. The Kier molecular flexibility index (Phi) is 8.17. The van der Waals surface area contributed by atoms with Gasteiger partial charge in [-0.3, -0.25) is 14.5 Å². The Morgan fingerprint density at radius 3 is 2.54 bits per heavy atom. The molecule has 7 nitrogen and oxygen atoms in total. The van der Waals surface area contributed by atoms with E-state index in [9.17, 15) is 9.59 Å². The highest BCUT2D eigenvalue weighted by Gasteiger charge is 2.41. The standard InChI is InChI=1S/C33H38ClN5O2/c1-24-10-12-27(34)22-30(24)37-19-17-36(18-20-37)15-6-14-35-32(40)26-11-13-28-31(21-26)39(23-25-7-3-2-4-8-25)33(41)29-9-5-16-38(28)29/h2-4,7-8,10-13,21-22,29H,5-6,9,14-20,23H2,1H3,(H,35,40). The molecule has 2 saturated heterocycles. The number of carbonyl (C=O) groups is 2. The maximum Gasteiger partial charge on any atom is 0.251 e. The van der Waals surface area contributed by atoms with Crippen molar-refractivity contribution in [3.8, 4) is 0 Å². The minimum atomic E-state index is -0.109. The Bertz CT molecular complexity index is 1410. The quantitative estimate of drug-likeness (QED) is 0.381. The van der Waals surface area contributed by atoms with E-state index in [0.717, 1.165) is 80.5 Å². The van der Waals surface area contributed by atoms with Crippen molar-refractivity contribution in [2.75, 3.05) is 60.5 Å². The van der Waals surface area contributed by atoms with Crippen molar-refractivity contribution in [3.63, 3.8) is 0 Å². The van der Waals surface area contributed by atoms with Crippen LogP contribution in [0.2, 0.25) is 5.02 Å². The predicted octanol–water partition coefficient (Wildman–Crippen LogP) is 5.11. The number of hydrogen-bond donors (Lipinski definition) is 1. The molecule has 0 aliphatic carbocycles. The van der Waals surface area contributed by atoms with Gasteiger partial charge in [0, 0.05) is 55.5 Å². The van der Waals surface area contributed by atoms with Crippen LogP contribution in [0.4, 0.5) is 17.1 Å². The summed E-state index contributed by atoms with van der Waals surface area (Å²) in [6, 6.07) is 21.9. The van der Waals surface area contributed by atoms with Gasteiger partial charge in [-0.15, -0.1) is 0 Å². The van der Waals surface area contributed by atoms with E-state index in [0.29, 0.717) is 18.7 Å². The monoisotopic (exact) mass is 571 g/mol. The van der Waals surface area contributed by atoms with E-state index < -0.39 is 0 Å². The van der Waals surface area contributed by atoms with Crippen LogP contribution in [0.1, 0.15) is 40.7 Å². The first-order valence-corrected chi connectivity index (χ1v) is 15.1. The van der Waals surface area contributed by atoms with E-state index in [1.54, 1.807) is 0 Å². The fourth-order valence-corrected chi connectivity index (χ4v) is 6.57. The molecule has 2 fully saturated rings. The van der Waals surface area contributed by atoms with Gasteiger partial charge in [0.25, 0.3) is 5.91 Å². The van der Waals surface area contributed by atoms with Crippen molar-refractivity contribution in [2.45, 2.75) is 38.8 Å². The molecular weight excluding hydrogens is 534 g/mol. The summed E-state index contributed by atoms with van der Waals surface area (Å²) in [5.74, 6) is 0.0340. The van der Waals surface area contributed by atoms with Crippen LogP contribution in [0, 0.1) is 6.92 Å². The van der Waals surface area contributed by atoms with Crippen LogP contribution in [0.3, 0.4) is 0 Å². The number of halogens is 1. The number of fused-ring (bicyclic) bond motifs is 3. The number of hydrogen-bond acceptors (Lipinski definition) is 5. The van der Waals surface area contributed by atoms with Crippen LogP contribution in [0.15, 0.2) is 66.7 Å². The molecule has 0 saturated carbocycles. The largest absolute Gasteiger partial charge is 0.369 e. The highest BCUT2D eigenvalue weighted by atomic mass is 35.5. The Hall–Kier alpha value is -3.55. The van der Waals surface area contributed by atoms with Crippen LogP contribution >= 0.6 is 11.6 Å². The number of anilines is 3. The second-order valence-electron chi connectivity index (χ2n) is 11.3. The second kappa shape index (κ2) is 12.1. The van der Waals surface area contributed by atoms with E-state index >= 15 is 0 Å². The maximum atomic E-state index is 13.5. The number of carbonyl (C=O) groups excluding carboxylic acids is 2. The van der Waals surface area contributed by atoms with Gasteiger partial charge in [0.15, 0.2) is 0 Å². The first-order chi connectivity index (χ1) is 20.0. The van der Waals surface area contributed by atoms with Crippen LogP contribution in [0.5, 0.6) is 0 Å². The summed E-state index contributed by atoms with van der Waals surface area (Å²) in [6.07, 6.45) is 2.77. The third kappa shape index (κ3) is 5.92. The highest BCUT2D eigenvalue weighted by molar-refractivity contribution is 6.30. The summed E-state index contributed by atoms with van der Waals surface area (Å²) in [7, 11) is 0. The van der Waals surface area contributed by atoms with E-state index in [1.165, 1.54) is 11.3 Å². The first kappa shape index (κ1) is 27.6. The number of benzene rings is 3. The summed E-state index contributed by atoms with van der Waals surface area (Å²) in [6.45, 7) is 9.00. The molecule has 8 heteroatoms. The number of rotatable bonds is 8. The Morgan fingerprint density at radius 1 is 0.927 bits per heavy atom. The number of aryl methyl sites for hydroxylation is 1. The molecule has 3 aromatic rings. The predicted molar refractivity (Wildman–Crippen MR) is 166 cm³/mol. The SMILES string of the molecule is Cc1ccc(Cl)cc1N1CCN(CCCNC(=O)c2ccc3c(c2)N(Cc2ccccc2)C(=O)C2CCCN32)CC1. The van der Waals surface area contributed by atoms with Crippen LogP contribution in [-0.4, -0.2) is 68.6 Å². The van der Waals surface area contributed by atoms with Crippen LogP contribution in [-0.2, 0) is 11.3 Å². The lowest BCUT2D eigenvalue weighted by Gasteiger charge is -2.39. The molecule has 1 atom stereocenters. The lowest BCUT2D eigenvalue weighted by Crippen LogP contribution is -2.50. The minimum Gasteiger partial charge on any atom is -0.369 e. The molecule has 214 valence electrons. The van der Waals surface area contributed by atoms with Gasteiger partial charge in [0.1, 0.15) is 6.04 Å². The zero-order valence-corrected chi connectivity index (χ0v) is 24.4. The lowest BCUT2D eigenvalue weighted by molar-refractivity contribution is -0.120. The third-order valence-electron chi connectivity index (χ3n) is 8.65. The van der Waals surface area contributed by atoms with Crippen LogP contribution in [0.25, 0.3) is 0 Å². The van der Waals surface area contributed by atoms with Crippen molar-refractivity contribution in [1.82, 2.24) is 10.2 Å². The van der Waals surface area contributed by atoms with Gasteiger partial charge in [0.05, 0.1) is 17.9 Å². The minimum absolute atomic E-state index is 0.0929. The van der Waals surface area contributed by atoms with E-state index in [4.69, 9.17) is 11.6 Å². The molecule has 3 aliphatic rings. The van der Waals surface area contributed by atoms with E-state index in [1.807, 2.05) is 59.5 Å². The van der Waals surface area contributed by atoms with Crippen molar-refractivity contribution < 1.29 is 9.59 Å². The Labute approximate surface area is 247 Å². The number of piperazine rings is 1. The van der Waals surface area contributed by atoms with Crippen molar-refractivity contribution in [2.24, 2.45) is 0 Å². The van der Waals surface area contributed by atoms with Crippen molar-refractivity contribution in [1.29, 1.82) is 0 Å². The molecule has 3 heterocycles. The lowest BCUT2D eigenvalue weighted by atomic mass is 10.0. The van der Waals surface area contributed by atoms with Gasteiger partial charge in [0.2, 0.25) is 5.91 Å². The average Bonchev–Trinajstić information content (AvgIpc) is 3.50. The van der Waals surface area contributed by atoms with Crippen molar-refractivity contribution >= 4 is 40.5 Å². The average molecular weight is 572 g/mol. The Balaban J connectivity index is 1.05. The molecule has 2 amide bonds. The topological polar surface area (TPSA) is 59.1 Å². The van der Waals surface area contributed by atoms with E-state index in [2.05, 4.69) is 39.1 Å². The molecular formula is C33H38ClN5O2. The smallest absolute Gasteiger partial charge is 0.251 e. The molecule has 0 spiro atoms. The highest BCUT2D eigenvalue weighted by Crippen LogP contribution is 2.41. The molecule has 0 aromatic heterocycles. The second-order valence-corrected chi connectivity index (χ2v) is 11.8. The molecule has 1 N–H and O–H groups in total. The summed E-state index contributed by atoms with van der Waals surface area (Å²) in [5.41, 5.74) is 6.03. The Morgan fingerprint density at radius 2 is 1.73 bits per heavy atom. The molecule has 41 heavy (non-hydrogen) atoms. The summed E-state index contributed by atoms with van der Waals surface area (Å²) in [4.78, 5) is 35.6. The van der Waals surface area contributed by atoms with Gasteiger partial charge in [-0.25, -0.2) is 0 Å². The zero-order valence-electron chi connectivity index (χ0n) is 23.7. The number of amides is 2. The summed E-state index contributed by atoms with van der Waals surface area (Å²) < 4.78 is 0. The zero-order chi connectivity index (χ0) is 28.3. The normalized spacial score (nSPS) is 18.8. The fourth-order valence-electron chi connectivity index (χ4n) is 6.41. The van der Waals surface area contributed by atoms with Gasteiger partial charge in [-0.05, 0) is 74.2 Å². The molecule has 0 radical (unpaired) electrons. The van der Waals surface area contributed by atoms with Gasteiger partial charge in [-0.2, -0.15) is 0 Å². The molecule has 6 rings (SSSR count). The molecule has 3 aliphatic heterocycles. The maximum absolute atomic E-state index is 13.5. The van der Waals surface area contributed by atoms with E-state index in [-0.39, 0.29) is 17.9 Å². The van der Waals surface area contributed by atoms with Gasteiger partial charge >= 0.3 is 0 Å².